The summed E-state index contributed by atoms with van der Waals surface area (Å²) < 4.78 is 61.6. The molecule has 4 nitrogen and oxygen atoms in total. The minimum atomic E-state index is -4.31. The van der Waals surface area contributed by atoms with Crippen molar-refractivity contribution in [2.45, 2.75) is 44.8 Å². The van der Waals surface area contributed by atoms with Gasteiger partial charge in [-0.1, -0.05) is 6.92 Å². The third-order valence-corrected chi connectivity index (χ3v) is 5.50. The van der Waals surface area contributed by atoms with Crippen LogP contribution in [0.15, 0.2) is 0 Å². The summed E-state index contributed by atoms with van der Waals surface area (Å²) in [6.45, 7) is 2.50. The Morgan fingerprint density at radius 1 is 1.37 bits per heavy atom. The molecule has 0 amide bonds. The first-order valence-corrected chi connectivity index (χ1v) is 8.04. The van der Waals surface area contributed by atoms with E-state index >= 15 is 0 Å². The van der Waals surface area contributed by atoms with Crippen LogP contribution in [0.3, 0.4) is 0 Å². The molecule has 0 bridgehead atoms. The van der Waals surface area contributed by atoms with Gasteiger partial charge in [-0.2, -0.15) is 17.5 Å². The first-order valence-electron chi connectivity index (χ1n) is 6.43. The summed E-state index contributed by atoms with van der Waals surface area (Å²) in [4.78, 5) is 0. The monoisotopic (exact) mass is 302 g/mol. The number of alkyl halides is 3. The summed E-state index contributed by atoms with van der Waals surface area (Å²) in [6, 6.07) is -0.287. The van der Waals surface area contributed by atoms with E-state index in [1.165, 1.54) is 4.31 Å². The maximum atomic E-state index is 12.1. The van der Waals surface area contributed by atoms with Crippen molar-refractivity contribution < 1.29 is 21.6 Å². The summed E-state index contributed by atoms with van der Waals surface area (Å²) >= 11 is 0. The van der Waals surface area contributed by atoms with E-state index in [9.17, 15) is 21.6 Å². The highest BCUT2D eigenvalue weighted by Gasteiger charge is 2.36. The number of sulfonamides is 1. The average molecular weight is 302 g/mol. The molecule has 0 aromatic carbocycles. The Hall–Kier alpha value is -0.340. The van der Waals surface area contributed by atoms with Crippen molar-refractivity contribution in [3.63, 3.8) is 0 Å². The fourth-order valence-electron chi connectivity index (χ4n) is 2.48. The molecule has 1 fully saturated rings. The fraction of sp³-hybridized carbons (Fsp3) is 1.00. The highest BCUT2D eigenvalue weighted by molar-refractivity contribution is 7.89. The van der Waals surface area contributed by atoms with Crippen molar-refractivity contribution in [3.8, 4) is 0 Å². The predicted molar refractivity (Wildman–Crippen MR) is 67.0 cm³/mol. The zero-order chi connectivity index (χ0) is 14.7. The SMILES string of the molecule is CC1CCCN(S(=O)(=O)CCCC(F)(F)F)C1CN. The fourth-order valence-corrected chi connectivity index (χ4v) is 4.34. The van der Waals surface area contributed by atoms with Gasteiger partial charge in [0.05, 0.1) is 5.75 Å². The maximum Gasteiger partial charge on any atom is 0.389 e. The quantitative estimate of drug-likeness (QED) is 0.841. The van der Waals surface area contributed by atoms with Gasteiger partial charge in [0, 0.05) is 25.6 Å². The molecule has 1 saturated heterocycles. The molecule has 8 heteroatoms. The number of hydrogen-bond donors (Lipinski definition) is 1. The second kappa shape index (κ2) is 6.41. The van der Waals surface area contributed by atoms with E-state index in [0.717, 1.165) is 12.8 Å². The van der Waals surface area contributed by atoms with Gasteiger partial charge in [0.2, 0.25) is 10.0 Å². The lowest BCUT2D eigenvalue weighted by atomic mass is 9.93. The summed E-state index contributed by atoms with van der Waals surface area (Å²) in [5.41, 5.74) is 5.59. The molecular weight excluding hydrogens is 281 g/mol. The van der Waals surface area contributed by atoms with Crippen LogP contribution in [0.2, 0.25) is 0 Å². The minimum absolute atomic E-state index is 0.149. The summed E-state index contributed by atoms with van der Waals surface area (Å²) in [5.74, 6) is -0.313. The van der Waals surface area contributed by atoms with Crippen LogP contribution in [0.1, 0.15) is 32.6 Å². The third-order valence-electron chi connectivity index (χ3n) is 3.53. The van der Waals surface area contributed by atoms with Crippen LogP contribution in [-0.4, -0.2) is 43.8 Å². The lowest BCUT2D eigenvalue weighted by molar-refractivity contribution is -0.134. The van der Waals surface area contributed by atoms with Gasteiger partial charge in [-0.3, -0.25) is 0 Å². The molecule has 1 aliphatic rings. The third kappa shape index (κ3) is 4.92. The van der Waals surface area contributed by atoms with Crippen molar-refractivity contribution in [2.75, 3.05) is 18.8 Å². The second-order valence-electron chi connectivity index (χ2n) is 5.07. The van der Waals surface area contributed by atoms with Gasteiger partial charge in [-0.15, -0.1) is 0 Å². The number of nitrogens with two attached hydrogens (primary N) is 1. The molecule has 2 atom stereocenters. The van der Waals surface area contributed by atoms with E-state index in [1.807, 2.05) is 6.92 Å². The Kier molecular flexibility index (Phi) is 5.64. The van der Waals surface area contributed by atoms with E-state index in [-0.39, 0.29) is 18.5 Å². The molecule has 19 heavy (non-hydrogen) atoms. The molecule has 114 valence electrons. The van der Waals surface area contributed by atoms with Crippen LogP contribution in [0, 0.1) is 5.92 Å². The zero-order valence-electron chi connectivity index (χ0n) is 11.0. The number of hydrogen-bond acceptors (Lipinski definition) is 3. The van der Waals surface area contributed by atoms with Gasteiger partial charge in [0.15, 0.2) is 0 Å². The van der Waals surface area contributed by atoms with E-state index in [1.54, 1.807) is 0 Å². The maximum absolute atomic E-state index is 12.1. The van der Waals surface area contributed by atoms with E-state index < -0.39 is 34.8 Å². The Balaban J connectivity index is 2.65. The molecule has 1 heterocycles. The first kappa shape index (κ1) is 16.7. The Bertz CT molecular complexity index is 384. The molecule has 0 aromatic heterocycles. The largest absolute Gasteiger partial charge is 0.389 e. The van der Waals surface area contributed by atoms with Gasteiger partial charge in [0.1, 0.15) is 0 Å². The van der Waals surface area contributed by atoms with Crippen molar-refractivity contribution in [2.24, 2.45) is 11.7 Å². The lowest BCUT2D eigenvalue weighted by Gasteiger charge is -2.38. The van der Waals surface area contributed by atoms with E-state index in [4.69, 9.17) is 5.73 Å². The van der Waals surface area contributed by atoms with Crippen LogP contribution in [-0.2, 0) is 10.0 Å². The highest BCUT2D eigenvalue weighted by atomic mass is 32.2. The Morgan fingerprint density at radius 2 is 2.00 bits per heavy atom. The van der Waals surface area contributed by atoms with Crippen LogP contribution < -0.4 is 5.73 Å². The van der Waals surface area contributed by atoms with Crippen LogP contribution >= 0.6 is 0 Å². The summed E-state index contributed by atoms with van der Waals surface area (Å²) in [7, 11) is -3.65. The minimum Gasteiger partial charge on any atom is -0.329 e. The van der Waals surface area contributed by atoms with Crippen molar-refractivity contribution >= 4 is 10.0 Å². The smallest absolute Gasteiger partial charge is 0.329 e. The van der Waals surface area contributed by atoms with Gasteiger partial charge in [-0.25, -0.2) is 8.42 Å². The second-order valence-corrected chi connectivity index (χ2v) is 7.11. The molecule has 2 unspecified atom stereocenters. The molecule has 0 aliphatic carbocycles. The van der Waals surface area contributed by atoms with Gasteiger partial charge < -0.3 is 5.73 Å². The van der Waals surface area contributed by atoms with Gasteiger partial charge >= 0.3 is 6.18 Å². The number of nitrogens with zero attached hydrogens (tertiary/aromatic N) is 1. The average Bonchev–Trinajstić information content (AvgIpc) is 2.26. The molecule has 2 N–H and O–H groups in total. The van der Waals surface area contributed by atoms with E-state index in [2.05, 4.69) is 0 Å². The summed E-state index contributed by atoms with van der Waals surface area (Å²) in [5, 5.41) is 0. The number of piperidine rings is 1. The highest BCUT2D eigenvalue weighted by Crippen LogP contribution is 2.27. The number of rotatable bonds is 5. The number of halogens is 3. The molecule has 0 spiro atoms. The zero-order valence-corrected chi connectivity index (χ0v) is 11.8. The topological polar surface area (TPSA) is 63.4 Å². The molecule has 1 rings (SSSR count). The Labute approximate surface area is 112 Å². The van der Waals surface area contributed by atoms with Crippen molar-refractivity contribution in [3.05, 3.63) is 0 Å². The van der Waals surface area contributed by atoms with E-state index in [0.29, 0.717) is 6.54 Å². The van der Waals surface area contributed by atoms with Crippen LogP contribution in [0.5, 0.6) is 0 Å². The first-order chi connectivity index (χ1) is 8.67. The lowest BCUT2D eigenvalue weighted by Crippen LogP contribution is -2.51. The molecule has 0 saturated carbocycles. The normalized spacial score (nSPS) is 26.6. The molecule has 0 radical (unpaired) electrons. The van der Waals surface area contributed by atoms with Crippen LogP contribution in [0.4, 0.5) is 13.2 Å². The standard InChI is InChI=1S/C11H21F3N2O2S/c1-9-4-2-6-16(10(9)8-15)19(17,18)7-3-5-11(12,13)14/h9-10H,2-8,15H2,1H3. The van der Waals surface area contributed by atoms with Crippen molar-refractivity contribution in [1.82, 2.24) is 4.31 Å². The van der Waals surface area contributed by atoms with Gasteiger partial charge in [0.25, 0.3) is 0 Å². The molecule has 0 aromatic rings. The van der Waals surface area contributed by atoms with Gasteiger partial charge in [-0.05, 0) is 25.2 Å². The molecular formula is C11H21F3N2O2S. The summed E-state index contributed by atoms with van der Waals surface area (Å²) in [6.07, 6.45) is -4.14. The van der Waals surface area contributed by atoms with Crippen LogP contribution in [0.25, 0.3) is 0 Å². The predicted octanol–water partition coefficient (Wildman–Crippen LogP) is 1.72. The molecule has 1 aliphatic heterocycles. The van der Waals surface area contributed by atoms with Crippen molar-refractivity contribution in [1.29, 1.82) is 0 Å². The Morgan fingerprint density at radius 3 is 2.53 bits per heavy atom.